The molecule has 0 rings (SSSR count). The molecule has 0 saturated carbocycles. The van der Waals surface area contributed by atoms with Crippen LogP contribution in [-0.2, 0) is 33.3 Å². The van der Waals surface area contributed by atoms with E-state index in [-0.39, 0.29) is 6.42 Å². The van der Waals surface area contributed by atoms with Gasteiger partial charge in [-0.25, -0.2) is 9.59 Å². The predicted molar refractivity (Wildman–Crippen MR) is 72.2 cm³/mol. The highest BCUT2D eigenvalue weighted by atomic mass is 16.7. The molecule has 1 amide bonds. The van der Waals surface area contributed by atoms with E-state index < -0.39 is 30.2 Å². The molecule has 8 heteroatoms. The number of hydrogen-bond donors (Lipinski definition) is 1. The number of methoxy groups -OCH3 is 2. The second kappa shape index (κ2) is 11.0. The molecular formula is C13H23NO7. The number of hydrogen-bond acceptors (Lipinski definition) is 7. The van der Waals surface area contributed by atoms with Crippen LogP contribution in [0.5, 0.6) is 0 Å². The summed E-state index contributed by atoms with van der Waals surface area (Å²) in [5.41, 5.74) is 0. The van der Waals surface area contributed by atoms with Crippen LogP contribution < -0.4 is 5.32 Å². The highest BCUT2D eigenvalue weighted by molar-refractivity contribution is 6.02. The van der Waals surface area contributed by atoms with E-state index in [4.69, 9.17) is 9.47 Å². The molecule has 1 N–H and O–H groups in total. The molecule has 0 heterocycles. The highest BCUT2D eigenvalue weighted by Crippen LogP contribution is 2.05. The Kier molecular flexibility index (Phi) is 10.2. The number of rotatable bonds is 10. The normalized spacial score (nSPS) is 10.6. The first-order valence-electron chi connectivity index (χ1n) is 6.68. The third kappa shape index (κ3) is 7.62. The van der Waals surface area contributed by atoms with Crippen molar-refractivity contribution in [2.45, 2.75) is 39.0 Å². The summed E-state index contributed by atoms with van der Waals surface area (Å²) >= 11 is 0. The molecule has 0 aliphatic heterocycles. The van der Waals surface area contributed by atoms with Crippen LogP contribution in [0.25, 0.3) is 0 Å². The minimum absolute atomic E-state index is 0.0369. The minimum Gasteiger partial charge on any atom is -0.467 e. The molecule has 0 atom stereocenters. The Morgan fingerprint density at radius 3 is 1.81 bits per heavy atom. The van der Waals surface area contributed by atoms with Crippen molar-refractivity contribution >= 4 is 17.8 Å². The van der Waals surface area contributed by atoms with Gasteiger partial charge in [0.2, 0.25) is 11.9 Å². The Morgan fingerprint density at radius 1 is 0.952 bits per heavy atom. The zero-order chi connectivity index (χ0) is 16.3. The Labute approximate surface area is 124 Å². The molecule has 0 aliphatic carbocycles. The van der Waals surface area contributed by atoms with E-state index in [1.165, 1.54) is 0 Å². The average Bonchev–Trinajstić information content (AvgIpc) is 2.49. The summed E-state index contributed by atoms with van der Waals surface area (Å²) in [6.45, 7) is 4.55. The summed E-state index contributed by atoms with van der Waals surface area (Å²) < 4.78 is 19.4. The molecular weight excluding hydrogens is 282 g/mol. The van der Waals surface area contributed by atoms with E-state index in [0.29, 0.717) is 19.6 Å². The lowest BCUT2D eigenvalue weighted by Gasteiger charge is -2.18. The molecule has 0 bridgehead atoms. The maximum absolute atomic E-state index is 11.8. The number of carbonyl (C=O) groups is 3. The van der Waals surface area contributed by atoms with Crippen molar-refractivity contribution < 1.29 is 33.3 Å². The van der Waals surface area contributed by atoms with Crippen LogP contribution in [0, 0.1) is 0 Å². The molecule has 122 valence electrons. The van der Waals surface area contributed by atoms with E-state index in [9.17, 15) is 14.4 Å². The second-order valence-corrected chi connectivity index (χ2v) is 3.93. The van der Waals surface area contributed by atoms with Crippen LogP contribution in [0.15, 0.2) is 0 Å². The van der Waals surface area contributed by atoms with Crippen molar-refractivity contribution in [3.63, 3.8) is 0 Å². The maximum atomic E-state index is 11.8. The minimum atomic E-state index is -1.47. The molecule has 0 aromatic rings. The lowest BCUT2D eigenvalue weighted by atomic mass is 10.2. The lowest BCUT2D eigenvalue weighted by molar-refractivity contribution is -0.157. The molecule has 21 heavy (non-hydrogen) atoms. The van der Waals surface area contributed by atoms with Gasteiger partial charge >= 0.3 is 11.9 Å². The van der Waals surface area contributed by atoms with E-state index in [1.54, 1.807) is 0 Å². The van der Waals surface area contributed by atoms with Gasteiger partial charge in [0.1, 0.15) is 0 Å². The quantitative estimate of drug-likeness (QED) is 0.344. The third-order valence-corrected chi connectivity index (χ3v) is 2.49. The summed E-state index contributed by atoms with van der Waals surface area (Å²) in [4.78, 5) is 34.6. The monoisotopic (exact) mass is 305 g/mol. The maximum Gasteiger partial charge on any atom is 0.340 e. The molecule has 0 unspecified atom stereocenters. The standard InChI is InChI=1S/C13H23NO7/c1-5-20-10(21-6-2)8-7-9(15)14-11(12(16)18-3)13(17)19-4/h10-11H,5-8H2,1-4H3,(H,14,15). The van der Waals surface area contributed by atoms with Crippen molar-refractivity contribution in [3.8, 4) is 0 Å². The van der Waals surface area contributed by atoms with Crippen LogP contribution in [0.1, 0.15) is 26.7 Å². The largest absolute Gasteiger partial charge is 0.467 e. The molecule has 0 fully saturated rings. The molecule has 0 aromatic heterocycles. The summed E-state index contributed by atoms with van der Waals surface area (Å²) in [5.74, 6) is -2.28. The first-order valence-corrected chi connectivity index (χ1v) is 6.68. The van der Waals surface area contributed by atoms with Crippen molar-refractivity contribution in [3.05, 3.63) is 0 Å². The molecule has 0 radical (unpaired) electrons. The van der Waals surface area contributed by atoms with Crippen LogP contribution in [0.2, 0.25) is 0 Å². The van der Waals surface area contributed by atoms with Crippen molar-refractivity contribution in [1.29, 1.82) is 0 Å². The van der Waals surface area contributed by atoms with Gasteiger partial charge in [-0.05, 0) is 13.8 Å². The summed E-state index contributed by atoms with van der Waals surface area (Å²) in [6, 6.07) is -1.47. The number of ether oxygens (including phenoxy) is 4. The predicted octanol–water partition coefficient (Wildman–Crippen LogP) is -0.00350. The van der Waals surface area contributed by atoms with Crippen LogP contribution in [0.4, 0.5) is 0 Å². The average molecular weight is 305 g/mol. The van der Waals surface area contributed by atoms with Crippen LogP contribution in [0.3, 0.4) is 0 Å². The summed E-state index contributed by atoms with van der Waals surface area (Å²) in [5, 5.41) is 2.26. The Hall–Kier alpha value is -1.67. The fourth-order valence-electron chi connectivity index (χ4n) is 1.52. The van der Waals surface area contributed by atoms with E-state index >= 15 is 0 Å². The SMILES string of the molecule is CCOC(CCC(=O)NC(C(=O)OC)C(=O)OC)OCC. The first kappa shape index (κ1) is 19.3. The second-order valence-electron chi connectivity index (χ2n) is 3.93. The van der Waals surface area contributed by atoms with Gasteiger partial charge in [0.15, 0.2) is 6.29 Å². The fourth-order valence-corrected chi connectivity index (χ4v) is 1.52. The highest BCUT2D eigenvalue weighted by Gasteiger charge is 2.30. The van der Waals surface area contributed by atoms with Gasteiger partial charge in [0, 0.05) is 26.1 Å². The Balaban J connectivity index is 4.42. The van der Waals surface area contributed by atoms with E-state index in [0.717, 1.165) is 14.2 Å². The zero-order valence-electron chi connectivity index (χ0n) is 12.8. The van der Waals surface area contributed by atoms with Gasteiger partial charge in [0.05, 0.1) is 14.2 Å². The van der Waals surface area contributed by atoms with Crippen LogP contribution in [-0.4, -0.2) is 57.6 Å². The Morgan fingerprint density at radius 2 is 1.43 bits per heavy atom. The number of amides is 1. The molecule has 0 spiro atoms. The van der Waals surface area contributed by atoms with Gasteiger partial charge in [0.25, 0.3) is 0 Å². The lowest BCUT2D eigenvalue weighted by Crippen LogP contribution is -2.47. The van der Waals surface area contributed by atoms with Crippen molar-refractivity contribution in [2.24, 2.45) is 0 Å². The number of nitrogens with one attached hydrogen (secondary N) is 1. The molecule has 0 aromatic carbocycles. The molecule has 0 saturated heterocycles. The summed E-state index contributed by atoms with van der Waals surface area (Å²) in [7, 11) is 2.23. The van der Waals surface area contributed by atoms with Gasteiger partial charge in [-0.15, -0.1) is 0 Å². The fraction of sp³-hybridized carbons (Fsp3) is 0.769. The van der Waals surface area contributed by atoms with E-state index in [1.807, 2.05) is 13.8 Å². The smallest absolute Gasteiger partial charge is 0.340 e. The Bertz CT molecular complexity index is 323. The van der Waals surface area contributed by atoms with Crippen LogP contribution >= 0.6 is 0 Å². The third-order valence-electron chi connectivity index (χ3n) is 2.49. The summed E-state index contributed by atoms with van der Waals surface area (Å²) in [6.07, 6.45) is -0.155. The van der Waals surface area contributed by atoms with Crippen molar-refractivity contribution in [2.75, 3.05) is 27.4 Å². The first-order chi connectivity index (χ1) is 9.99. The van der Waals surface area contributed by atoms with Gasteiger partial charge in [-0.2, -0.15) is 0 Å². The molecule has 8 nitrogen and oxygen atoms in total. The molecule has 0 aliphatic rings. The topological polar surface area (TPSA) is 100 Å². The zero-order valence-corrected chi connectivity index (χ0v) is 12.8. The van der Waals surface area contributed by atoms with Gasteiger partial charge in [-0.1, -0.05) is 0 Å². The number of carbonyl (C=O) groups excluding carboxylic acids is 3. The van der Waals surface area contributed by atoms with Gasteiger partial charge in [-0.3, -0.25) is 4.79 Å². The van der Waals surface area contributed by atoms with E-state index in [2.05, 4.69) is 14.8 Å². The number of esters is 2. The van der Waals surface area contributed by atoms with Crippen molar-refractivity contribution in [1.82, 2.24) is 5.32 Å². The van der Waals surface area contributed by atoms with Gasteiger partial charge < -0.3 is 24.3 Å².